The lowest BCUT2D eigenvalue weighted by atomic mass is 10.1. The van der Waals surface area contributed by atoms with Crippen LogP contribution in [0.3, 0.4) is 0 Å². The van der Waals surface area contributed by atoms with Gasteiger partial charge in [-0.05, 0) is 48.5 Å². The van der Waals surface area contributed by atoms with Gasteiger partial charge >= 0.3 is 6.03 Å². The number of para-hydroxylation sites is 1. The molecule has 160 valence electrons. The molecule has 3 aromatic carbocycles. The lowest BCUT2D eigenvalue weighted by Crippen LogP contribution is -2.32. The normalized spacial score (nSPS) is 12.3. The van der Waals surface area contributed by atoms with Crippen LogP contribution in [0.2, 0.25) is 0 Å². The van der Waals surface area contributed by atoms with Gasteiger partial charge in [-0.2, -0.15) is 0 Å². The van der Waals surface area contributed by atoms with Crippen molar-refractivity contribution in [3.05, 3.63) is 90.0 Å². The maximum Gasteiger partial charge on any atom is 0.323 e. The van der Waals surface area contributed by atoms with Crippen molar-refractivity contribution in [2.45, 2.75) is 6.42 Å². The third kappa shape index (κ3) is 4.65. The zero-order valence-electron chi connectivity index (χ0n) is 17.0. The highest BCUT2D eigenvalue weighted by molar-refractivity contribution is 6.21. The topological polar surface area (TPSA) is 108 Å². The molecule has 32 heavy (non-hydrogen) atoms. The van der Waals surface area contributed by atoms with E-state index in [4.69, 9.17) is 0 Å². The number of rotatable bonds is 6. The molecule has 0 aliphatic carbocycles. The highest BCUT2D eigenvalue weighted by atomic mass is 16.2. The zero-order valence-corrected chi connectivity index (χ0v) is 17.0. The molecule has 0 fully saturated rings. The van der Waals surface area contributed by atoms with Crippen molar-refractivity contribution in [1.29, 1.82) is 0 Å². The molecule has 0 unspecified atom stereocenters. The minimum Gasteiger partial charge on any atom is -0.326 e. The van der Waals surface area contributed by atoms with Gasteiger partial charge in [0.2, 0.25) is 5.91 Å². The van der Waals surface area contributed by atoms with E-state index in [1.165, 1.54) is 0 Å². The maximum absolute atomic E-state index is 12.4. The number of amides is 5. The SMILES string of the molecule is O=C(CCN1C(=O)c2ccccc2C1=O)Nc1ccc(NC(=O)Nc2ccccc2)cc1. The molecule has 0 saturated heterocycles. The summed E-state index contributed by atoms with van der Waals surface area (Å²) in [6, 6.07) is 21.9. The first-order chi connectivity index (χ1) is 15.5. The molecule has 3 N–H and O–H groups in total. The van der Waals surface area contributed by atoms with E-state index >= 15 is 0 Å². The van der Waals surface area contributed by atoms with Crippen molar-refractivity contribution in [2.75, 3.05) is 22.5 Å². The van der Waals surface area contributed by atoms with Crippen LogP contribution in [0.15, 0.2) is 78.9 Å². The van der Waals surface area contributed by atoms with Crippen LogP contribution in [-0.2, 0) is 4.79 Å². The summed E-state index contributed by atoms with van der Waals surface area (Å²) in [6.45, 7) is -0.00250. The molecule has 5 amide bonds. The van der Waals surface area contributed by atoms with Gasteiger partial charge in [-0.25, -0.2) is 4.79 Å². The fraction of sp³-hybridized carbons (Fsp3) is 0.0833. The van der Waals surface area contributed by atoms with Crippen molar-refractivity contribution in [2.24, 2.45) is 0 Å². The molecule has 0 saturated carbocycles. The molecule has 0 aromatic heterocycles. The summed E-state index contributed by atoms with van der Waals surface area (Å²) in [5.41, 5.74) is 2.48. The van der Waals surface area contributed by atoms with Crippen LogP contribution < -0.4 is 16.0 Å². The minimum atomic E-state index is -0.386. The number of hydrogen-bond donors (Lipinski definition) is 3. The molecule has 0 spiro atoms. The van der Waals surface area contributed by atoms with Gasteiger partial charge in [0.15, 0.2) is 0 Å². The van der Waals surface area contributed by atoms with Gasteiger partial charge in [0, 0.05) is 30.0 Å². The van der Waals surface area contributed by atoms with Gasteiger partial charge in [-0.1, -0.05) is 30.3 Å². The Bertz CT molecular complexity index is 1140. The Balaban J connectivity index is 1.27. The van der Waals surface area contributed by atoms with Crippen molar-refractivity contribution in [3.8, 4) is 0 Å². The first-order valence-corrected chi connectivity index (χ1v) is 9.99. The lowest BCUT2D eigenvalue weighted by molar-refractivity contribution is -0.116. The van der Waals surface area contributed by atoms with Gasteiger partial charge in [0.25, 0.3) is 11.8 Å². The van der Waals surface area contributed by atoms with Crippen molar-refractivity contribution < 1.29 is 19.2 Å². The Morgan fingerprint density at radius 2 is 1.09 bits per heavy atom. The van der Waals surface area contributed by atoms with Gasteiger partial charge in [0.1, 0.15) is 0 Å². The summed E-state index contributed by atoms with van der Waals surface area (Å²) in [5.74, 6) is -1.10. The average molecular weight is 428 g/mol. The van der Waals surface area contributed by atoms with Gasteiger partial charge < -0.3 is 16.0 Å². The Morgan fingerprint density at radius 1 is 0.625 bits per heavy atom. The largest absolute Gasteiger partial charge is 0.326 e. The fourth-order valence-corrected chi connectivity index (χ4v) is 3.33. The predicted molar refractivity (Wildman–Crippen MR) is 121 cm³/mol. The zero-order chi connectivity index (χ0) is 22.5. The van der Waals surface area contributed by atoms with E-state index in [1.807, 2.05) is 18.2 Å². The van der Waals surface area contributed by atoms with Crippen LogP contribution in [0.1, 0.15) is 27.1 Å². The standard InChI is InChI=1S/C24H20N4O4/c29-21(14-15-28-22(30)19-8-4-5-9-20(19)23(28)31)25-17-10-12-18(13-11-17)27-24(32)26-16-6-2-1-3-7-16/h1-13H,14-15H2,(H,25,29)(H2,26,27,32). The van der Waals surface area contributed by atoms with E-state index in [0.29, 0.717) is 28.2 Å². The Hall–Kier alpha value is -4.46. The van der Waals surface area contributed by atoms with Gasteiger partial charge in [0.05, 0.1) is 11.1 Å². The number of hydrogen-bond acceptors (Lipinski definition) is 4. The highest BCUT2D eigenvalue weighted by Crippen LogP contribution is 2.22. The van der Waals surface area contributed by atoms with Crippen LogP contribution in [0.4, 0.5) is 21.9 Å². The second kappa shape index (κ2) is 9.13. The summed E-state index contributed by atoms with van der Waals surface area (Å²) in [6.07, 6.45) is -0.0229. The van der Waals surface area contributed by atoms with E-state index in [2.05, 4.69) is 16.0 Å². The van der Waals surface area contributed by atoms with Crippen LogP contribution in [0, 0.1) is 0 Å². The molecule has 0 bridgehead atoms. The number of imide groups is 1. The number of benzene rings is 3. The minimum absolute atomic E-state index is 0.00250. The number of nitrogens with zero attached hydrogens (tertiary/aromatic N) is 1. The van der Waals surface area contributed by atoms with Crippen molar-refractivity contribution >= 4 is 40.8 Å². The number of carbonyl (C=O) groups is 4. The number of carbonyl (C=O) groups excluding carboxylic acids is 4. The first kappa shape index (κ1) is 20.8. The van der Waals surface area contributed by atoms with Crippen molar-refractivity contribution in [3.63, 3.8) is 0 Å². The Kier molecular flexibility index (Phi) is 5.94. The third-order valence-corrected chi connectivity index (χ3v) is 4.90. The van der Waals surface area contributed by atoms with E-state index in [1.54, 1.807) is 60.7 Å². The summed E-state index contributed by atoms with van der Waals surface area (Å²) in [5, 5.41) is 8.14. The smallest absolute Gasteiger partial charge is 0.323 e. The lowest BCUT2D eigenvalue weighted by Gasteiger charge is -2.13. The molecule has 8 heteroatoms. The number of anilines is 3. The molecule has 1 heterocycles. The van der Waals surface area contributed by atoms with E-state index in [9.17, 15) is 19.2 Å². The molecular formula is C24H20N4O4. The molecule has 1 aliphatic heterocycles. The monoisotopic (exact) mass is 428 g/mol. The van der Waals surface area contributed by atoms with E-state index in [0.717, 1.165) is 4.90 Å². The maximum atomic E-state index is 12.4. The molecule has 4 rings (SSSR count). The van der Waals surface area contributed by atoms with E-state index in [-0.39, 0.29) is 36.7 Å². The third-order valence-electron chi connectivity index (χ3n) is 4.90. The van der Waals surface area contributed by atoms with Crippen molar-refractivity contribution in [1.82, 2.24) is 4.90 Å². The van der Waals surface area contributed by atoms with Crippen LogP contribution in [-0.4, -0.2) is 35.2 Å². The summed E-state index contributed by atoms with van der Waals surface area (Å²) >= 11 is 0. The first-order valence-electron chi connectivity index (χ1n) is 9.99. The average Bonchev–Trinajstić information content (AvgIpc) is 3.04. The molecule has 1 aliphatic rings. The predicted octanol–water partition coefficient (Wildman–Crippen LogP) is 3.96. The quantitative estimate of drug-likeness (QED) is 0.517. The Morgan fingerprint density at radius 3 is 1.66 bits per heavy atom. The van der Waals surface area contributed by atoms with Gasteiger partial charge in [-0.3, -0.25) is 19.3 Å². The second-order valence-electron chi connectivity index (χ2n) is 7.13. The number of nitrogens with one attached hydrogen (secondary N) is 3. The van der Waals surface area contributed by atoms with Crippen LogP contribution in [0.5, 0.6) is 0 Å². The summed E-state index contributed by atoms with van der Waals surface area (Å²) < 4.78 is 0. The van der Waals surface area contributed by atoms with Crippen LogP contribution in [0.25, 0.3) is 0 Å². The summed E-state index contributed by atoms with van der Waals surface area (Å²) in [4.78, 5) is 50.1. The molecular weight excluding hydrogens is 408 g/mol. The number of urea groups is 1. The second-order valence-corrected chi connectivity index (χ2v) is 7.13. The highest BCUT2D eigenvalue weighted by Gasteiger charge is 2.34. The molecule has 8 nitrogen and oxygen atoms in total. The molecule has 0 atom stereocenters. The molecule has 3 aromatic rings. The van der Waals surface area contributed by atoms with Gasteiger partial charge in [-0.15, -0.1) is 0 Å². The Labute approximate surface area is 184 Å². The summed E-state index contributed by atoms with van der Waals surface area (Å²) in [7, 11) is 0. The van der Waals surface area contributed by atoms with Crippen LogP contribution >= 0.6 is 0 Å². The number of fused-ring (bicyclic) bond motifs is 1. The molecule has 0 radical (unpaired) electrons. The fourth-order valence-electron chi connectivity index (χ4n) is 3.33. The van der Waals surface area contributed by atoms with E-state index < -0.39 is 0 Å².